The van der Waals surface area contributed by atoms with E-state index in [0.717, 1.165) is 24.9 Å². The van der Waals surface area contributed by atoms with E-state index in [4.69, 9.17) is 5.73 Å². The Morgan fingerprint density at radius 3 is 2.37 bits per heavy atom. The van der Waals surface area contributed by atoms with Gasteiger partial charge in [0.2, 0.25) is 0 Å². The number of nitrogens with one attached hydrogen (secondary N) is 2. The molecule has 4 N–H and O–H groups in total. The number of rotatable bonds is 6. The highest BCUT2D eigenvalue weighted by atomic mass is 32.1. The van der Waals surface area contributed by atoms with Gasteiger partial charge in [0.05, 0.1) is 12.7 Å². The first-order valence-electron chi connectivity index (χ1n) is 8.86. The Kier molecular flexibility index (Phi) is 5.75. The lowest BCUT2D eigenvalue weighted by Gasteiger charge is -2.34. The molecule has 2 amide bonds. The maximum Gasteiger partial charge on any atom is 0.441 e. The van der Waals surface area contributed by atoms with Crippen LogP contribution in [0.3, 0.4) is 0 Å². The van der Waals surface area contributed by atoms with Crippen molar-refractivity contribution in [2.75, 3.05) is 12.4 Å². The number of halogens is 3. The summed E-state index contributed by atoms with van der Waals surface area (Å²) in [5, 5.41) is 3.52. The molecule has 1 atom stereocenters. The van der Waals surface area contributed by atoms with E-state index in [0.29, 0.717) is 23.3 Å². The number of aryl methyl sites for hydroxylation is 1. The van der Waals surface area contributed by atoms with Crippen LogP contribution in [0, 0.1) is 0 Å². The number of anilines is 1. The predicted octanol–water partition coefficient (Wildman–Crippen LogP) is 2.61. The first kappa shape index (κ1) is 21.6. The van der Waals surface area contributed by atoms with Crippen molar-refractivity contribution in [1.29, 1.82) is 0 Å². The van der Waals surface area contributed by atoms with Crippen LogP contribution < -0.4 is 16.4 Å². The summed E-state index contributed by atoms with van der Waals surface area (Å²) in [5.41, 5.74) is 2.13. The second-order valence-corrected chi connectivity index (χ2v) is 7.72. The summed E-state index contributed by atoms with van der Waals surface area (Å²) in [6, 6.07) is 7.10. The molecule has 1 aliphatic rings. The fourth-order valence-electron chi connectivity index (χ4n) is 3.30. The normalized spacial score (nSPS) is 15.1. The minimum Gasteiger partial charge on any atom is -0.466 e. The van der Waals surface area contributed by atoms with E-state index in [2.05, 4.69) is 4.74 Å². The van der Waals surface area contributed by atoms with Crippen molar-refractivity contribution in [2.45, 2.75) is 31.1 Å². The largest absolute Gasteiger partial charge is 0.466 e. The van der Waals surface area contributed by atoms with Crippen molar-refractivity contribution in [2.24, 2.45) is 5.73 Å². The van der Waals surface area contributed by atoms with Crippen LogP contribution in [0.25, 0.3) is 0 Å². The molecule has 7 nitrogen and oxygen atoms in total. The monoisotopic (exact) mass is 441 g/mol. The summed E-state index contributed by atoms with van der Waals surface area (Å²) in [6.07, 6.45) is -3.50. The van der Waals surface area contributed by atoms with E-state index in [1.165, 1.54) is 24.3 Å². The van der Waals surface area contributed by atoms with Gasteiger partial charge in [0.15, 0.2) is 0 Å². The smallest absolute Gasteiger partial charge is 0.441 e. The summed E-state index contributed by atoms with van der Waals surface area (Å²) in [5.74, 6) is -3.87. The van der Waals surface area contributed by atoms with Gasteiger partial charge in [-0.15, -0.1) is 11.3 Å². The van der Waals surface area contributed by atoms with Gasteiger partial charge >= 0.3 is 17.8 Å². The summed E-state index contributed by atoms with van der Waals surface area (Å²) >= 11 is 0.900. The molecule has 3 rings (SSSR count). The third-order valence-corrected chi connectivity index (χ3v) is 5.93. The van der Waals surface area contributed by atoms with Crippen LogP contribution in [0.4, 0.5) is 18.2 Å². The Morgan fingerprint density at radius 1 is 1.13 bits per heavy atom. The Balaban J connectivity index is 2.10. The molecule has 1 aromatic heterocycles. The van der Waals surface area contributed by atoms with Crippen LogP contribution in [0.15, 0.2) is 30.3 Å². The molecule has 1 aliphatic carbocycles. The molecule has 0 saturated heterocycles. The number of methoxy groups -OCH3 is 1. The number of ether oxygens (including phenoxy) is 1. The maximum absolute atomic E-state index is 14.2. The molecule has 2 aromatic rings. The van der Waals surface area contributed by atoms with Crippen LogP contribution in [0.2, 0.25) is 0 Å². The third kappa shape index (κ3) is 3.72. The molecule has 30 heavy (non-hydrogen) atoms. The molecule has 0 bridgehead atoms. The van der Waals surface area contributed by atoms with Crippen molar-refractivity contribution in [3.05, 3.63) is 51.9 Å². The highest BCUT2D eigenvalue weighted by Gasteiger charge is 2.64. The minimum atomic E-state index is -5.31. The summed E-state index contributed by atoms with van der Waals surface area (Å²) < 4.78 is 47.0. The molecule has 0 fully saturated rings. The maximum atomic E-state index is 14.2. The van der Waals surface area contributed by atoms with Gasteiger partial charge in [-0.05, 0) is 37.0 Å². The van der Waals surface area contributed by atoms with Gasteiger partial charge in [-0.25, -0.2) is 4.79 Å². The van der Waals surface area contributed by atoms with E-state index in [1.807, 2.05) is 5.32 Å². The van der Waals surface area contributed by atoms with Gasteiger partial charge in [0.1, 0.15) is 5.00 Å². The van der Waals surface area contributed by atoms with E-state index in [9.17, 15) is 27.6 Å². The second kappa shape index (κ2) is 7.98. The first-order chi connectivity index (χ1) is 14.1. The van der Waals surface area contributed by atoms with Gasteiger partial charge in [0.25, 0.3) is 11.8 Å². The number of hydrogen-bond donors (Lipinski definition) is 3. The Labute approximate surface area is 173 Å². The Bertz CT molecular complexity index is 991. The molecule has 0 radical (unpaired) electrons. The SMILES string of the molecule is COC(=O)C(NC(=O)c1ccccc1)(Nc1sc2c(c1C(N)=O)CCC2)C(F)(F)F. The topological polar surface area (TPSA) is 111 Å². The standard InChI is InChI=1S/C19H18F3N3O4S/c1-29-17(28)18(19(20,21)22,24-15(27)10-6-3-2-4-7-10)25-16-13(14(23)26)11-8-5-9-12(11)30-16/h2-4,6-7,25H,5,8-9H2,1H3,(H2,23,26)(H,24,27). The summed E-state index contributed by atoms with van der Waals surface area (Å²) in [4.78, 5) is 37.6. The number of nitrogens with two attached hydrogens (primary N) is 1. The van der Waals surface area contributed by atoms with Crippen LogP contribution in [0.1, 0.15) is 37.6 Å². The highest BCUT2D eigenvalue weighted by Crippen LogP contribution is 2.42. The Hall–Kier alpha value is -3.08. The van der Waals surface area contributed by atoms with Crippen LogP contribution in [-0.2, 0) is 22.4 Å². The Morgan fingerprint density at radius 2 is 1.80 bits per heavy atom. The molecule has 11 heteroatoms. The number of thiophene rings is 1. The number of carbonyl (C=O) groups is 3. The fourth-order valence-corrected chi connectivity index (χ4v) is 4.65. The quantitative estimate of drug-likeness (QED) is 0.472. The number of fused-ring (bicyclic) bond motifs is 1. The molecule has 1 aromatic carbocycles. The van der Waals surface area contributed by atoms with Gasteiger partial charge < -0.3 is 21.1 Å². The second-order valence-electron chi connectivity index (χ2n) is 6.61. The number of primary amides is 1. The lowest BCUT2D eigenvalue weighted by atomic mass is 10.1. The number of amides is 2. The van der Waals surface area contributed by atoms with E-state index < -0.39 is 29.6 Å². The lowest BCUT2D eigenvalue weighted by Crippen LogP contribution is -2.69. The van der Waals surface area contributed by atoms with Gasteiger partial charge in [-0.2, -0.15) is 13.2 Å². The van der Waals surface area contributed by atoms with Crippen molar-refractivity contribution in [1.82, 2.24) is 5.32 Å². The average Bonchev–Trinajstić information content (AvgIpc) is 3.26. The highest BCUT2D eigenvalue weighted by molar-refractivity contribution is 7.16. The van der Waals surface area contributed by atoms with Gasteiger partial charge in [-0.3, -0.25) is 9.59 Å². The summed E-state index contributed by atoms with van der Waals surface area (Å²) in [7, 11) is 0.766. The fraction of sp³-hybridized carbons (Fsp3) is 0.316. The zero-order chi connectivity index (χ0) is 22.1. The summed E-state index contributed by atoms with van der Waals surface area (Å²) in [6.45, 7) is 0. The molecule has 1 unspecified atom stereocenters. The number of carbonyl (C=O) groups excluding carboxylic acids is 3. The van der Waals surface area contributed by atoms with Crippen LogP contribution in [0.5, 0.6) is 0 Å². The molecule has 160 valence electrons. The third-order valence-electron chi connectivity index (χ3n) is 4.72. The molecular weight excluding hydrogens is 423 g/mol. The number of esters is 1. The van der Waals surface area contributed by atoms with Crippen LogP contribution >= 0.6 is 11.3 Å². The molecule has 1 heterocycles. The van der Waals surface area contributed by atoms with Crippen molar-refractivity contribution in [3.63, 3.8) is 0 Å². The predicted molar refractivity (Wildman–Crippen MR) is 103 cm³/mol. The van der Waals surface area contributed by atoms with E-state index in [1.54, 1.807) is 11.4 Å². The van der Waals surface area contributed by atoms with Crippen molar-refractivity contribution >= 4 is 34.1 Å². The van der Waals surface area contributed by atoms with E-state index >= 15 is 0 Å². The van der Waals surface area contributed by atoms with Crippen LogP contribution in [-0.4, -0.2) is 36.7 Å². The van der Waals surface area contributed by atoms with E-state index in [-0.39, 0.29) is 16.1 Å². The van der Waals surface area contributed by atoms with Gasteiger partial charge in [0, 0.05) is 10.4 Å². The molecular formula is C19H18F3N3O4S. The van der Waals surface area contributed by atoms with Crippen molar-refractivity contribution < 1.29 is 32.3 Å². The lowest BCUT2D eigenvalue weighted by molar-refractivity contribution is -0.203. The minimum absolute atomic E-state index is 0.0966. The first-order valence-corrected chi connectivity index (χ1v) is 9.67. The zero-order valence-corrected chi connectivity index (χ0v) is 16.6. The number of hydrogen-bond acceptors (Lipinski definition) is 6. The zero-order valence-electron chi connectivity index (χ0n) is 15.8. The van der Waals surface area contributed by atoms with Crippen molar-refractivity contribution in [3.8, 4) is 0 Å². The molecule has 0 aliphatic heterocycles. The number of alkyl halides is 3. The average molecular weight is 441 g/mol. The molecule has 0 saturated carbocycles. The van der Waals surface area contributed by atoms with Gasteiger partial charge in [-0.1, -0.05) is 18.2 Å². The number of benzene rings is 1. The molecule has 0 spiro atoms.